The lowest BCUT2D eigenvalue weighted by Gasteiger charge is -2.22. The van der Waals surface area contributed by atoms with Crippen LogP contribution in [0.4, 0.5) is 5.82 Å². The first kappa shape index (κ1) is 21.3. The predicted molar refractivity (Wildman–Crippen MR) is 129 cm³/mol. The van der Waals surface area contributed by atoms with E-state index >= 15 is 0 Å². The summed E-state index contributed by atoms with van der Waals surface area (Å²) in [5, 5.41) is 9.42. The van der Waals surface area contributed by atoms with Gasteiger partial charge in [0, 0.05) is 38.6 Å². The quantitative estimate of drug-likeness (QED) is 0.351. The second-order valence-corrected chi connectivity index (χ2v) is 9.21. The molecule has 1 atom stereocenters. The van der Waals surface area contributed by atoms with Gasteiger partial charge in [-0.25, -0.2) is 4.98 Å². The topological polar surface area (TPSA) is 91.1 Å². The van der Waals surface area contributed by atoms with Crippen LogP contribution in [0.1, 0.15) is 37.5 Å². The Morgan fingerprint density at radius 3 is 2.91 bits per heavy atom. The van der Waals surface area contributed by atoms with Gasteiger partial charge in [-0.3, -0.25) is 4.68 Å². The fourth-order valence-electron chi connectivity index (χ4n) is 4.20. The number of hydrogen-bond donors (Lipinski definition) is 2. The lowest BCUT2D eigenvalue weighted by atomic mass is 10.1. The van der Waals surface area contributed by atoms with Crippen molar-refractivity contribution in [3.05, 3.63) is 58.1 Å². The summed E-state index contributed by atoms with van der Waals surface area (Å²) in [5.41, 5.74) is 9.44. The molecule has 4 aromatic rings. The number of benzene rings is 1. The number of piperidine rings is 1. The fourth-order valence-corrected chi connectivity index (χ4v) is 5.33. The number of halogens is 2. The van der Waals surface area contributed by atoms with E-state index in [0.29, 0.717) is 22.4 Å². The molecule has 1 aliphatic rings. The number of anilines is 1. The van der Waals surface area contributed by atoms with Gasteiger partial charge in [0.1, 0.15) is 12.4 Å². The van der Waals surface area contributed by atoms with E-state index in [1.54, 1.807) is 12.5 Å². The maximum atomic E-state index is 6.41. The van der Waals surface area contributed by atoms with Crippen LogP contribution in [-0.2, 0) is 0 Å². The van der Waals surface area contributed by atoms with Gasteiger partial charge in [0.2, 0.25) is 5.75 Å². The first-order valence-corrected chi connectivity index (χ1v) is 11.7. The molecule has 166 valence electrons. The normalized spacial score (nSPS) is 15.8. The number of ether oxygens (including phenoxy) is 1. The molecular formula is C23H23BrClN5O2. The molecular weight excluding hydrogens is 494 g/mol. The Kier molecular flexibility index (Phi) is 5.84. The van der Waals surface area contributed by atoms with E-state index in [-0.39, 0.29) is 11.9 Å². The maximum absolute atomic E-state index is 6.41. The van der Waals surface area contributed by atoms with Crippen LogP contribution in [0.5, 0.6) is 5.75 Å². The third-order valence-corrected chi connectivity index (χ3v) is 6.92. The number of nitrogen functional groups attached to an aromatic ring is 1. The molecule has 0 spiro atoms. The Morgan fingerprint density at radius 2 is 2.12 bits per heavy atom. The number of rotatable bonds is 5. The van der Waals surface area contributed by atoms with Crippen molar-refractivity contribution in [3.8, 4) is 16.9 Å². The summed E-state index contributed by atoms with van der Waals surface area (Å²) in [7, 11) is 0. The second kappa shape index (κ2) is 8.77. The Bertz CT molecular complexity index is 1240. The summed E-state index contributed by atoms with van der Waals surface area (Å²) in [5.74, 6) is 0.664. The number of fused-ring (bicyclic) bond motifs is 1. The molecule has 7 nitrogen and oxygen atoms in total. The first-order chi connectivity index (χ1) is 15.5. The minimum absolute atomic E-state index is 0.263. The second-order valence-electron chi connectivity index (χ2n) is 7.95. The largest absolute Gasteiger partial charge is 0.478 e. The third kappa shape index (κ3) is 3.87. The smallest absolute Gasteiger partial charge is 0.205 e. The molecule has 0 saturated carbocycles. The summed E-state index contributed by atoms with van der Waals surface area (Å²) in [6, 6.07) is 6.04. The van der Waals surface area contributed by atoms with E-state index < -0.39 is 0 Å². The van der Waals surface area contributed by atoms with Gasteiger partial charge in [-0.1, -0.05) is 33.6 Å². The lowest BCUT2D eigenvalue weighted by molar-refractivity contribution is 0.227. The molecule has 0 amide bonds. The Morgan fingerprint density at radius 1 is 1.31 bits per heavy atom. The van der Waals surface area contributed by atoms with E-state index in [2.05, 4.69) is 37.5 Å². The molecule has 1 aromatic carbocycles. The number of nitrogens with two attached hydrogens (primary N) is 1. The summed E-state index contributed by atoms with van der Waals surface area (Å²) < 4.78 is 15.1. The minimum atomic E-state index is -0.371. The molecule has 4 heterocycles. The number of hydrogen-bond acceptors (Lipinski definition) is 6. The Labute approximate surface area is 199 Å². The van der Waals surface area contributed by atoms with Crippen LogP contribution in [0, 0.1) is 0 Å². The summed E-state index contributed by atoms with van der Waals surface area (Å²) in [6.07, 6.45) is 9.13. The fraction of sp³-hybridized carbons (Fsp3) is 0.304. The third-order valence-electron chi connectivity index (χ3n) is 5.90. The first-order valence-electron chi connectivity index (χ1n) is 10.5. The Hall–Kier alpha value is -2.55. The molecule has 5 rings (SSSR count). The van der Waals surface area contributed by atoms with Crippen molar-refractivity contribution in [2.45, 2.75) is 31.9 Å². The van der Waals surface area contributed by atoms with Gasteiger partial charge in [-0.2, -0.15) is 5.10 Å². The molecule has 1 unspecified atom stereocenters. The zero-order valence-corrected chi connectivity index (χ0v) is 19.9. The zero-order valence-electron chi connectivity index (χ0n) is 17.5. The highest BCUT2D eigenvalue weighted by molar-refractivity contribution is 9.10. The molecule has 0 bridgehead atoms. The van der Waals surface area contributed by atoms with Crippen molar-refractivity contribution >= 4 is 44.3 Å². The summed E-state index contributed by atoms with van der Waals surface area (Å²) in [4.78, 5) is 4.37. The van der Waals surface area contributed by atoms with Crippen LogP contribution in [0.3, 0.4) is 0 Å². The van der Waals surface area contributed by atoms with Gasteiger partial charge >= 0.3 is 0 Å². The highest BCUT2D eigenvalue weighted by Gasteiger charge is 2.23. The van der Waals surface area contributed by atoms with Crippen molar-refractivity contribution in [2.75, 3.05) is 18.8 Å². The number of aromatic nitrogens is 3. The highest BCUT2D eigenvalue weighted by atomic mass is 79.9. The van der Waals surface area contributed by atoms with Crippen molar-refractivity contribution in [1.82, 2.24) is 20.1 Å². The van der Waals surface area contributed by atoms with Crippen LogP contribution < -0.4 is 15.8 Å². The number of furan rings is 1. The summed E-state index contributed by atoms with van der Waals surface area (Å²) in [6.45, 7) is 3.94. The van der Waals surface area contributed by atoms with Crippen LogP contribution in [0.15, 0.2) is 51.9 Å². The van der Waals surface area contributed by atoms with Gasteiger partial charge in [0.05, 0.1) is 17.6 Å². The number of nitrogens with one attached hydrogen (secondary N) is 1. The van der Waals surface area contributed by atoms with E-state index in [0.717, 1.165) is 52.5 Å². The molecule has 1 fully saturated rings. The monoisotopic (exact) mass is 515 g/mol. The van der Waals surface area contributed by atoms with Crippen molar-refractivity contribution in [1.29, 1.82) is 0 Å². The standard InChI is InChI=1S/C23H23BrClN5O2/c1-13(20-18(24)3-2-4-19(20)25)32-22-21-16(10-28-23(22)26)17(12-31-21)14-9-29-30(11-14)15-5-7-27-8-6-15/h2-4,9-13,15,27H,5-8H2,1H3,(H2,26,28). The average Bonchev–Trinajstić information content (AvgIpc) is 3.43. The molecule has 1 aliphatic heterocycles. The van der Waals surface area contributed by atoms with Gasteiger partial charge < -0.3 is 20.2 Å². The van der Waals surface area contributed by atoms with Gasteiger partial charge in [0.25, 0.3) is 0 Å². The number of nitrogens with zero attached hydrogens (tertiary/aromatic N) is 3. The van der Waals surface area contributed by atoms with Gasteiger partial charge in [-0.05, 0) is 45.0 Å². The molecule has 9 heteroatoms. The molecule has 3 aromatic heterocycles. The zero-order chi connectivity index (χ0) is 22.2. The molecule has 1 saturated heterocycles. The summed E-state index contributed by atoms with van der Waals surface area (Å²) >= 11 is 9.96. The van der Waals surface area contributed by atoms with Crippen LogP contribution in [-0.4, -0.2) is 27.9 Å². The maximum Gasteiger partial charge on any atom is 0.205 e. The van der Waals surface area contributed by atoms with Crippen molar-refractivity contribution in [3.63, 3.8) is 0 Å². The Balaban J connectivity index is 1.49. The van der Waals surface area contributed by atoms with E-state index in [9.17, 15) is 0 Å². The average molecular weight is 517 g/mol. The van der Waals surface area contributed by atoms with E-state index in [1.807, 2.05) is 36.0 Å². The predicted octanol–water partition coefficient (Wildman–Crippen LogP) is 5.75. The van der Waals surface area contributed by atoms with E-state index in [1.165, 1.54) is 0 Å². The minimum Gasteiger partial charge on any atom is -0.478 e. The lowest BCUT2D eigenvalue weighted by Crippen LogP contribution is -2.29. The van der Waals surface area contributed by atoms with Crippen molar-refractivity contribution in [2.24, 2.45) is 0 Å². The van der Waals surface area contributed by atoms with E-state index in [4.69, 9.17) is 26.5 Å². The van der Waals surface area contributed by atoms with Crippen LogP contribution in [0.25, 0.3) is 22.1 Å². The van der Waals surface area contributed by atoms with Crippen LogP contribution >= 0.6 is 27.5 Å². The SMILES string of the molecule is CC(Oc1c(N)ncc2c(-c3cnn(C4CCNCC4)c3)coc12)c1c(Cl)cccc1Br. The van der Waals surface area contributed by atoms with Crippen molar-refractivity contribution < 1.29 is 9.15 Å². The van der Waals surface area contributed by atoms with Crippen LogP contribution in [0.2, 0.25) is 5.02 Å². The molecule has 0 radical (unpaired) electrons. The molecule has 0 aliphatic carbocycles. The highest BCUT2D eigenvalue weighted by Crippen LogP contribution is 2.41. The molecule has 32 heavy (non-hydrogen) atoms. The molecule has 3 N–H and O–H groups in total. The number of pyridine rings is 1. The van der Waals surface area contributed by atoms with Gasteiger partial charge in [0.15, 0.2) is 11.4 Å². The van der Waals surface area contributed by atoms with Gasteiger partial charge in [-0.15, -0.1) is 0 Å².